The normalized spacial score (nSPS) is 11.1. The summed E-state index contributed by atoms with van der Waals surface area (Å²) in [6.45, 7) is 3.88. The van der Waals surface area contributed by atoms with Crippen molar-refractivity contribution in [2.45, 2.75) is 0 Å². The first-order valence-corrected chi connectivity index (χ1v) is 6.60. The maximum atomic E-state index is 11.2. The lowest BCUT2D eigenvalue weighted by molar-refractivity contribution is -0.118. The molecule has 0 aliphatic heterocycles. The van der Waals surface area contributed by atoms with Crippen molar-refractivity contribution in [2.75, 3.05) is 37.9 Å². The van der Waals surface area contributed by atoms with Gasteiger partial charge in [-0.15, -0.1) is 6.58 Å². The van der Waals surface area contributed by atoms with Crippen molar-refractivity contribution in [1.29, 1.82) is 0 Å². The number of amides is 1. The number of rotatable bonds is 9. The zero-order chi connectivity index (χ0) is 12.4. The van der Waals surface area contributed by atoms with Crippen LogP contribution < -0.4 is 5.32 Å². The molecule has 7 heteroatoms. The molecule has 0 unspecified atom stereocenters. The van der Waals surface area contributed by atoms with Gasteiger partial charge in [-0.3, -0.25) is 4.79 Å². The van der Waals surface area contributed by atoms with E-state index in [9.17, 15) is 13.2 Å². The summed E-state index contributed by atoms with van der Waals surface area (Å²) in [5.41, 5.74) is 0. The molecule has 0 aliphatic rings. The minimum Gasteiger partial charge on any atom is -0.394 e. The van der Waals surface area contributed by atoms with Crippen LogP contribution in [0.4, 0.5) is 0 Å². The minimum atomic E-state index is -3.39. The predicted molar refractivity (Wildman–Crippen MR) is 59.8 cm³/mol. The number of hydrogen-bond donors (Lipinski definition) is 2. The Balaban J connectivity index is 3.70. The molecule has 0 spiro atoms. The molecule has 0 radical (unpaired) electrons. The maximum Gasteiger partial charge on any atom is 0.235 e. The monoisotopic (exact) mass is 251 g/mol. The van der Waals surface area contributed by atoms with Crippen molar-refractivity contribution >= 4 is 15.7 Å². The Bertz CT molecular complexity index is 312. The zero-order valence-electron chi connectivity index (χ0n) is 9.02. The third-order valence-corrected chi connectivity index (χ3v) is 2.97. The third kappa shape index (κ3) is 8.39. The lowest BCUT2D eigenvalue weighted by atomic mass is 10.6. The molecular weight excluding hydrogens is 234 g/mol. The Morgan fingerprint density at radius 2 is 2.12 bits per heavy atom. The molecule has 0 saturated heterocycles. The lowest BCUT2D eigenvalue weighted by Gasteiger charge is -2.05. The van der Waals surface area contributed by atoms with E-state index in [4.69, 9.17) is 9.84 Å². The number of carbonyl (C=O) groups excluding carboxylic acids is 1. The second-order valence-corrected chi connectivity index (χ2v) is 5.14. The van der Waals surface area contributed by atoms with Crippen LogP contribution in [0.2, 0.25) is 0 Å². The molecule has 0 aromatic rings. The highest BCUT2D eigenvalue weighted by molar-refractivity contribution is 7.92. The summed E-state index contributed by atoms with van der Waals surface area (Å²) in [6, 6.07) is 0. The lowest BCUT2D eigenvalue weighted by Crippen LogP contribution is -2.33. The Kier molecular flexibility index (Phi) is 7.78. The van der Waals surface area contributed by atoms with Gasteiger partial charge in [0.25, 0.3) is 0 Å². The number of ether oxygens (including phenoxy) is 1. The van der Waals surface area contributed by atoms with E-state index in [0.717, 1.165) is 0 Å². The Labute approximate surface area is 95.2 Å². The SMILES string of the molecule is C=CCS(=O)(=O)CC(=O)NCCOCCO. The molecule has 0 saturated carbocycles. The van der Waals surface area contributed by atoms with E-state index >= 15 is 0 Å². The van der Waals surface area contributed by atoms with Crippen LogP contribution in [-0.4, -0.2) is 57.3 Å². The molecule has 0 aromatic carbocycles. The van der Waals surface area contributed by atoms with Crippen molar-refractivity contribution in [3.63, 3.8) is 0 Å². The van der Waals surface area contributed by atoms with Gasteiger partial charge in [0.05, 0.1) is 25.6 Å². The number of aliphatic hydroxyl groups is 1. The van der Waals surface area contributed by atoms with E-state index in [-0.39, 0.29) is 32.1 Å². The van der Waals surface area contributed by atoms with Crippen molar-refractivity contribution in [3.8, 4) is 0 Å². The molecule has 2 N–H and O–H groups in total. The van der Waals surface area contributed by atoms with Crippen LogP contribution in [0.15, 0.2) is 12.7 Å². The Morgan fingerprint density at radius 3 is 2.69 bits per heavy atom. The largest absolute Gasteiger partial charge is 0.394 e. The van der Waals surface area contributed by atoms with Gasteiger partial charge in [0, 0.05) is 6.54 Å². The highest BCUT2D eigenvalue weighted by atomic mass is 32.2. The van der Waals surface area contributed by atoms with Crippen LogP contribution in [-0.2, 0) is 19.4 Å². The third-order valence-electron chi connectivity index (χ3n) is 1.53. The molecule has 6 nitrogen and oxygen atoms in total. The van der Waals surface area contributed by atoms with E-state index in [2.05, 4.69) is 11.9 Å². The molecule has 1 amide bonds. The fourth-order valence-corrected chi connectivity index (χ4v) is 1.90. The van der Waals surface area contributed by atoms with Crippen molar-refractivity contribution in [2.24, 2.45) is 0 Å². The average Bonchev–Trinajstić information content (AvgIpc) is 2.16. The van der Waals surface area contributed by atoms with Gasteiger partial charge in [0.1, 0.15) is 5.75 Å². The Hall–Kier alpha value is -0.920. The summed E-state index contributed by atoms with van der Waals surface area (Å²) in [4.78, 5) is 11.1. The van der Waals surface area contributed by atoms with E-state index in [1.54, 1.807) is 0 Å². The van der Waals surface area contributed by atoms with Crippen LogP contribution in [0.25, 0.3) is 0 Å². The van der Waals surface area contributed by atoms with Gasteiger partial charge in [-0.2, -0.15) is 0 Å². The Morgan fingerprint density at radius 1 is 1.44 bits per heavy atom. The summed E-state index contributed by atoms with van der Waals surface area (Å²) in [6.07, 6.45) is 1.24. The number of hydrogen-bond acceptors (Lipinski definition) is 5. The first-order valence-electron chi connectivity index (χ1n) is 4.78. The number of sulfone groups is 1. The van der Waals surface area contributed by atoms with E-state index in [1.807, 2.05) is 0 Å². The standard InChI is InChI=1S/C9H17NO5S/c1-2-7-16(13,14)8-9(12)10-3-5-15-6-4-11/h2,11H,1,3-8H2,(H,10,12). The highest BCUT2D eigenvalue weighted by Gasteiger charge is 2.14. The first-order chi connectivity index (χ1) is 7.52. The smallest absolute Gasteiger partial charge is 0.235 e. The molecule has 0 bridgehead atoms. The van der Waals surface area contributed by atoms with Gasteiger partial charge in [-0.25, -0.2) is 8.42 Å². The predicted octanol–water partition coefficient (Wildman–Crippen LogP) is -1.29. The fraction of sp³-hybridized carbons (Fsp3) is 0.667. The molecule has 0 fully saturated rings. The van der Waals surface area contributed by atoms with Gasteiger partial charge in [0.15, 0.2) is 9.84 Å². The molecule has 0 atom stereocenters. The zero-order valence-corrected chi connectivity index (χ0v) is 9.83. The van der Waals surface area contributed by atoms with Crippen LogP contribution in [0.3, 0.4) is 0 Å². The molecule has 94 valence electrons. The van der Waals surface area contributed by atoms with Crippen molar-refractivity contribution in [1.82, 2.24) is 5.32 Å². The molecular formula is C9H17NO5S. The topological polar surface area (TPSA) is 92.7 Å². The second kappa shape index (κ2) is 8.26. The van der Waals surface area contributed by atoms with Gasteiger partial charge in [-0.1, -0.05) is 6.08 Å². The molecule has 0 rings (SSSR count). The maximum absolute atomic E-state index is 11.2. The summed E-state index contributed by atoms with van der Waals surface area (Å²) in [7, 11) is -3.39. The van der Waals surface area contributed by atoms with Gasteiger partial charge < -0.3 is 15.2 Å². The molecule has 0 aromatic heterocycles. The average molecular weight is 251 g/mol. The van der Waals surface area contributed by atoms with Gasteiger partial charge in [0.2, 0.25) is 5.91 Å². The minimum absolute atomic E-state index is 0.0817. The molecule has 16 heavy (non-hydrogen) atoms. The molecule has 0 heterocycles. The van der Waals surface area contributed by atoms with Crippen LogP contribution in [0, 0.1) is 0 Å². The van der Waals surface area contributed by atoms with Gasteiger partial charge in [-0.05, 0) is 0 Å². The quantitative estimate of drug-likeness (QED) is 0.393. The number of nitrogens with one attached hydrogen (secondary N) is 1. The van der Waals surface area contributed by atoms with E-state index in [1.165, 1.54) is 6.08 Å². The van der Waals surface area contributed by atoms with Crippen LogP contribution >= 0.6 is 0 Å². The number of aliphatic hydroxyl groups excluding tert-OH is 1. The van der Waals surface area contributed by atoms with Crippen molar-refractivity contribution in [3.05, 3.63) is 12.7 Å². The first kappa shape index (κ1) is 15.1. The fourth-order valence-electron chi connectivity index (χ4n) is 0.918. The van der Waals surface area contributed by atoms with Crippen molar-refractivity contribution < 1.29 is 23.1 Å². The highest BCUT2D eigenvalue weighted by Crippen LogP contribution is 1.90. The number of carbonyl (C=O) groups is 1. The summed E-state index contributed by atoms with van der Waals surface area (Å²) in [5.74, 6) is -1.31. The van der Waals surface area contributed by atoms with Crippen LogP contribution in [0.5, 0.6) is 0 Å². The van der Waals surface area contributed by atoms with E-state index in [0.29, 0.717) is 0 Å². The van der Waals surface area contributed by atoms with E-state index < -0.39 is 21.5 Å². The summed E-state index contributed by atoms with van der Waals surface area (Å²) in [5, 5.41) is 10.8. The second-order valence-electron chi connectivity index (χ2n) is 3.03. The molecule has 0 aliphatic carbocycles. The van der Waals surface area contributed by atoms with Crippen LogP contribution in [0.1, 0.15) is 0 Å². The summed E-state index contributed by atoms with van der Waals surface area (Å²) >= 11 is 0. The summed E-state index contributed by atoms with van der Waals surface area (Å²) < 4.78 is 27.2. The van der Waals surface area contributed by atoms with Gasteiger partial charge >= 0.3 is 0 Å².